The lowest BCUT2D eigenvalue weighted by Gasteiger charge is -2.28. The molecule has 4 heteroatoms. The summed E-state index contributed by atoms with van der Waals surface area (Å²) >= 11 is 0. The van der Waals surface area contributed by atoms with Gasteiger partial charge in [0.25, 0.3) is 0 Å². The molecule has 0 N–H and O–H groups in total. The van der Waals surface area contributed by atoms with Gasteiger partial charge in [-0.05, 0) is 48.4 Å². The van der Waals surface area contributed by atoms with Gasteiger partial charge in [0.1, 0.15) is 5.75 Å². The maximum Gasteiger partial charge on any atom is 0.162 e. The molecule has 0 saturated carbocycles. The van der Waals surface area contributed by atoms with Crippen LogP contribution in [0.1, 0.15) is 25.3 Å². The lowest BCUT2D eigenvalue weighted by Crippen LogP contribution is -2.33. The van der Waals surface area contributed by atoms with Crippen molar-refractivity contribution in [2.45, 2.75) is 25.4 Å². The molecule has 98 valence electrons. The van der Waals surface area contributed by atoms with E-state index < -0.39 is 5.60 Å². The lowest BCUT2D eigenvalue weighted by atomic mass is 9.80. The molecule has 0 bridgehead atoms. The topological polar surface area (TPSA) is 47.9 Å². The Balaban J connectivity index is 1.77. The highest BCUT2D eigenvalue weighted by Gasteiger charge is 2.42. The predicted molar refractivity (Wildman–Crippen MR) is 71.3 cm³/mol. The van der Waals surface area contributed by atoms with Gasteiger partial charge < -0.3 is 9.57 Å². The van der Waals surface area contributed by atoms with E-state index in [-0.39, 0.29) is 5.78 Å². The number of methoxy groups -OCH3 is 1. The van der Waals surface area contributed by atoms with E-state index in [0.717, 1.165) is 22.6 Å². The monoisotopic (exact) mass is 257 g/mol. The van der Waals surface area contributed by atoms with Crippen LogP contribution in [0.2, 0.25) is 0 Å². The Morgan fingerprint density at radius 2 is 2.00 bits per heavy atom. The van der Waals surface area contributed by atoms with Crippen LogP contribution in [0.3, 0.4) is 0 Å². The Hall–Kier alpha value is -2.10. The Labute approximate surface area is 111 Å². The van der Waals surface area contributed by atoms with Gasteiger partial charge in [0.05, 0.1) is 12.8 Å². The van der Waals surface area contributed by atoms with E-state index >= 15 is 0 Å². The number of carbonyl (C=O) groups excluding carboxylic acids is 1. The third-order valence-electron chi connectivity index (χ3n) is 3.66. The van der Waals surface area contributed by atoms with Crippen LogP contribution in [0.25, 0.3) is 0 Å². The average Bonchev–Trinajstić information content (AvgIpc) is 2.79. The number of hydrogen-bond acceptors (Lipinski definition) is 4. The normalized spacial score (nSPS) is 25.3. The highest BCUT2D eigenvalue weighted by atomic mass is 16.7. The zero-order valence-electron chi connectivity index (χ0n) is 11.0. The van der Waals surface area contributed by atoms with Crippen molar-refractivity contribution < 1.29 is 14.4 Å². The number of benzene rings is 1. The molecule has 1 unspecified atom stereocenters. The van der Waals surface area contributed by atoms with E-state index in [1.165, 1.54) is 0 Å². The largest absolute Gasteiger partial charge is 0.497 e. The fourth-order valence-electron chi connectivity index (χ4n) is 2.34. The lowest BCUT2D eigenvalue weighted by molar-refractivity contribution is -0.116. The quantitative estimate of drug-likeness (QED) is 0.835. The van der Waals surface area contributed by atoms with Crippen LogP contribution < -0.4 is 4.74 Å². The molecule has 1 aliphatic carbocycles. The molecular weight excluding hydrogens is 242 g/mol. The second-order valence-electron chi connectivity index (χ2n) is 5.08. The van der Waals surface area contributed by atoms with Gasteiger partial charge >= 0.3 is 0 Å². The third-order valence-corrected chi connectivity index (χ3v) is 3.66. The third kappa shape index (κ3) is 2.03. The molecule has 0 spiro atoms. The number of carbonyl (C=O) groups is 1. The van der Waals surface area contributed by atoms with E-state index in [1.54, 1.807) is 13.2 Å². The summed E-state index contributed by atoms with van der Waals surface area (Å²) in [5.41, 5.74) is 2.51. The molecule has 3 rings (SSSR count). The first kappa shape index (κ1) is 12.0. The second-order valence-corrected chi connectivity index (χ2v) is 5.08. The first-order chi connectivity index (χ1) is 9.10. The second kappa shape index (κ2) is 4.23. The van der Waals surface area contributed by atoms with Crippen molar-refractivity contribution in [1.82, 2.24) is 0 Å². The summed E-state index contributed by atoms with van der Waals surface area (Å²) in [5.74, 6) is 0.982. The van der Waals surface area contributed by atoms with Crippen molar-refractivity contribution in [3.8, 4) is 5.75 Å². The van der Waals surface area contributed by atoms with Crippen LogP contribution in [0.5, 0.6) is 5.75 Å². The standard InChI is InChI=1S/C15H15NO3/c1-15(11-7-12(17)8-11)9-14(16-19-15)10-3-5-13(18-2)6-4-10/h3-7H,8-9H2,1-2H3. The molecule has 0 amide bonds. The summed E-state index contributed by atoms with van der Waals surface area (Å²) in [4.78, 5) is 16.6. The number of ether oxygens (including phenoxy) is 1. The van der Waals surface area contributed by atoms with Crippen molar-refractivity contribution in [2.24, 2.45) is 5.16 Å². The molecule has 0 radical (unpaired) electrons. The van der Waals surface area contributed by atoms with Crippen LogP contribution in [0.15, 0.2) is 41.1 Å². The minimum atomic E-state index is -0.455. The SMILES string of the molecule is COc1ccc(C2=NOC(C)(C3=CC(=O)C3)C2)cc1. The zero-order valence-corrected chi connectivity index (χ0v) is 11.0. The Kier molecular flexibility index (Phi) is 2.66. The maximum absolute atomic E-state index is 11.0. The minimum Gasteiger partial charge on any atom is -0.497 e. The molecule has 2 aliphatic rings. The van der Waals surface area contributed by atoms with Crippen LogP contribution in [0, 0.1) is 0 Å². The number of oxime groups is 1. The van der Waals surface area contributed by atoms with E-state index in [2.05, 4.69) is 5.16 Å². The average molecular weight is 257 g/mol. The smallest absolute Gasteiger partial charge is 0.162 e. The first-order valence-corrected chi connectivity index (χ1v) is 6.24. The Morgan fingerprint density at radius 3 is 2.58 bits per heavy atom. The van der Waals surface area contributed by atoms with Crippen molar-refractivity contribution in [3.05, 3.63) is 41.5 Å². The molecule has 0 saturated heterocycles. The van der Waals surface area contributed by atoms with E-state index in [4.69, 9.17) is 9.57 Å². The van der Waals surface area contributed by atoms with E-state index in [9.17, 15) is 4.79 Å². The van der Waals surface area contributed by atoms with E-state index in [1.807, 2.05) is 31.2 Å². The van der Waals surface area contributed by atoms with Crippen LogP contribution in [0.4, 0.5) is 0 Å². The summed E-state index contributed by atoms with van der Waals surface area (Å²) in [6, 6.07) is 7.74. The van der Waals surface area contributed by atoms with Crippen molar-refractivity contribution >= 4 is 11.5 Å². The summed E-state index contributed by atoms with van der Waals surface area (Å²) in [6.07, 6.45) is 2.84. The minimum absolute atomic E-state index is 0.165. The first-order valence-electron chi connectivity index (χ1n) is 6.24. The number of allylic oxidation sites excluding steroid dienone is 1. The molecule has 19 heavy (non-hydrogen) atoms. The van der Waals surface area contributed by atoms with Crippen molar-refractivity contribution in [2.75, 3.05) is 7.11 Å². The van der Waals surface area contributed by atoms with E-state index in [0.29, 0.717) is 12.8 Å². The van der Waals surface area contributed by atoms with Gasteiger partial charge in [0.2, 0.25) is 0 Å². The van der Waals surface area contributed by atoms with Gasteiger partial charge in [-0.2, -0.15) is 0 Å². The van der Waals surface area contributed by atoms with Gasteiger partial charge in [-0.25, -0.2) is 0 Å². The summed E-state index contributed by atoms with van der Waals surface area (Å²) in [7, 11) is 1.64. The molecule has 1 heterocycles. The molecule has 0 aromatic heterocycles. The zero-order chi connectivity index (χ0) is 13.5. The highest BCUT2D eigenvalue weighted by molar-refractivity contribution is 6.04. The summed E-state index contributed by atoms with van der Waals surface area (Å²) in [5, 5.41) is 4.17. The summed E-state index contributed by atoms with van der Waals surface area (Å²) < 4.78 is 5.13. The fourth-order valence-corrected chi connectivity index (χ4v) is 2.34. The molecule has 4 nitrogen and oxygen atoms in total. The van der Waals surface area contributed by atoms with Crippen molar-refractivity contribution in [3.63, 3.8) is 0 Å². The molecule has 0 fully saturated rings. The van der Waals surface area contributed by atoms with Gasteiger partial charge in [0.15, 0.2) is 11.4 Å². The fraction of sp³-hybridized carbons (Fsp3) is 0.333. The maximum atomic E-state index is 11.0. The Morgan fingerprint density at radius 1 is 1.32 bits per heavy atom. The van der Waals surface area contributed by atoms with Crippen LogP contribution in [-0.2, 0) is 9.63 Å². The summed E-state index contributed by atoms with van der Waals surface area (Å²) in [6.45, 7) is 1.98. The number of nitrogens with zero attached hydrogens (tertiary/aromatic N) is 1. The highest BCUT2D eigenvalue weighted by Crippen LogP contribution is 2.38. The molecular formula is C15H15NO3. The van der Waals surface area contributed by atoms with Crippen LogP contribution in [-0.4, -0.2) is 24.2 Å². The van der Waals surface area contributed by atoms with Gasteiger partial charge in [-0.3, -0.25) is 4.79 Å². The van der Waals surface area contributed by atoms with Crippen LogP contribution >= 0.6 is 0 Å². The number of hydrogen-bond donors (Lipinski definition) is 0. The predicted octanol–water partition coefficient (Wildman–Crippen LogP) is 2.48. The Bertz CT molecular complexity index is 586. The molecule has 1 aliphatic heterocycles. The molecule has 1 aromatic rings. The number of rotatable bonds is 3. The molecule has 1 atom stereocenters. The molecule has 1 aromatic carbocycles. The van der Waals surface area contributed by atoms with Crippen molar-refractivity contribution in [1.29, 1.82) is 0 Å². The van der Waals surface area contributed by atoms with Gasteiger partial charge in [-0.1, -0.05) is 5.16 Å². The number of ketones is 1. The van der Waals surface area contributed by atoms with Gasteiger partial charge in [-0.15, -0.1) is 0 Å². The van der Waals surface area contributed by atoms with Gasteiger partial charge in [0, 0.05) is 12.8 Å².